The van der Waals surface area contributed by atoms with Gasteiger partial charge in [-0.1, -0.05) is 12.5 Å². The van der Waals surface area contributed by atoms with Crippen molar-refractivity contribution in [2.24, 2.45) is 0 Å². The molecule has 1 atom stereocenters. The Bertz CT molecular complexity index is 407. The van der Waals surface area contributed by atoms with Gasteiger partial charge in [0.05, 0.1) is 24.4 Å². The SMILES string of the molecule is CCOC(=O)/C=C(\CC)OC/C=C(\C)CC[C@H]1OC1(C)C. The van der Waals surface area contributed by atoms with Crippen molar-refractivity contribution >= 4 is 5.97 Å². The maximum Gasteiger partial charge on any atom is 0.334 e. The Balaban J connectivity index is 2.29. The predicted molar refractivity (Wildman–Crippen MR) is 82.9 cm³/mol. The monoisotopic (exact) mass is 296 g/mol. The number of epoxide rings is 1. The van der Waals surface area contributed by atoms with E-state index in [2.05, 4.69) is 26.8 Å². The van der Waals surface area contributed by atoms with E-state index < -0.39 is 0 Å². The van der Waals surface area contributed by atoms with Gasteiger partial charge in [0.25, 0.3) is 0 Å². The summed E-state index contributed by atoms with van der Waals surface area (Å²) in [6.45, 7) is 10.9. The molecule has 120 valence electrons. The van der Waals surface area contributed by atoms with Gasteiger partial charge in [-0.3, -0.25) is 0 Å². The van der Waals surface area contributed by atoms with Gasteiger partial charge in [0.1, 0.15) is 12.4 Å². The molecule has 1 aliphatic heterocycles. The zero-order chi connectivity index (χ0) is 15.9. The zero-order valence-electron chi connectivity index (χ0n) is 13.9. The van der Waals surface area contributed by atoms with Gasteiger partial charge in [-0.05, 0) is 46.6 Å². The number of ether oxygens (including phenoxy) is 3. The number of hydrogen-bond acceptors (Lipinski definition) is 4. The van der Waals surface area contributed by atoms with Crippen molar-refractivity contribution in [3.05, 3.63) is 23.5 Å². The summed E-state index contributed by atoms with van der Waals surface area (Å²) in [6.07, 6.45) is 6.61. The van der Waals surface area contributed by atoms with Crippen molar-refractivity contribution in [3.8, 4) is 0 Å². The molecule has 0 bridgehead atoms. The fourth-order valence-electron chi connectivity index (χ4n) is 2.05. The lowest BCUT2D eigenvalue weighted by molar-refractivity contribution is -0.137. The number of carbonyl (C=O) groups excluding carboxylic acids is 1. The van der Waals surface area contributed by atoms with Crippen molar-refractivity contribution in [1.29, 1.82) is 0 Å². The molecule has 0 aliphatic carbocycles. The summed E-state index contributed by atoms with van der Waals surface area (Å²) in [7, 11) is 0. The van der Waals surface area contributed by atoms with Crippen LogP contribution in [0, 0.1) is 0 Å². The number of carbonyl (C=O) groups is 1. The quantitative estimate of drug-likeness (QED) is 0.214. The Labute approximate surface area is 128 Å². The Morgan fingerprint density at radius 1 is 1.29 bits per heavy atom. The van der Waals surface area contributed by atoms with Crippen LogP contribution in [0.25, 0.3) is 0 Å². The maximum atomic E-state index is 11.3. The first-order valence-corrected chi connectivity index (χ1v) is 7.72. The van der Waals surface area contributed by atoms with Crippen LogP contribution in [-0.2, 0) is 19.0 Å². The minimum absolute atomic E-state index is 0.0640. The fraction of sp³-hybridized carbons (Fsp3) is 0.706. The molecule has 0 aromatic rings. The lowest BCUT2D eigenvalue weighted by Crippen LogP contribution is -2.03. The maximum absolute atomic E-state index is 11.3. The molecule has 1 heterocycles. The van der Waals surface area contributed by atoms with E-state index in [1.807, 2.05) is 6.92 Å². The number of hydrogen-bond donors (Lipinski definition) is 0. The highest BCUT2D eigenvalue weighted by Crippen LogP contribution is 2.38. The van der Waals surface area contributed by atoms with Crippen LogP contribution in [0.15, 0.2) is 23.5 Å². The van der Waals surface area contributed by atoms with E-state index in [-0.39, 0.29) is 11.6 Å². The zero-order valence-corrected chi connectivity index (χ0v) is 13.9. The molecule has 1 rings (SSSR count). The molecule has 0 unspecified atom stereocenters. The van der Waals surface area contributed by atoms with E-state index in [4.69, 9.17) is 14.2 Å². The average Bonchev–Trinajstić information content (AvgIpc) is 3.03. The molecule has 1 saturated heterocycles. The van der Waals surface area contributed by atoms with Gasteiger partial charge in [0.15, 0.2) is 0 Å². The third-order valence-corrected chi connectivity index (χ3v) is 3.58. The molecule has 0 aromatic heterocycles. The van der Waals surface area contributed by atoms with Gasteiger partial charge in [-0.15, -0.1) is 0 Å². The summed E-state index contributed by atoms with van der Waals surface area (Å²) in [5, 5.41) is 0. The molecule has 0 radical (unpaired) electrons. The molecule has 0 amide bonds. The molecule has 1 fully saturated rings. The molecule has 4 heteroatoms. The first kappa shape index (κ1) is 17.8. The first-order chi connectivity index (χ1) is 9.89. The van der Waals surface area contributed by atoms with Crippen LogP contribution >= 0.6 is 0 Å². The highest BCUT2D eigenvalue weighted by atomic mass is 16.6. The number of allylic oxidation sites excluding steroid dienone is 2. The van der Waals surface area contributed by atoms with Crippen LogP contribution in [0.3, 0.4) is 0 Å². The minimum atomic E-state index is -0.344. The lowest BCUT2D eigenvalue weighted by Gasteiger charge is -2.07. The van der Waals surface area contributed by atoms with E-state index in [0.29, 0.717) is 31.5 Å². The molecule has 0 spiro atoms. The Kier molecular flexibility index (Phi) is 6.96. The topological polar surface area (TPSA) is 48.1 Å². The smallest absolute Gasteiger partial charge is 0.334 e. The second-order valence-electron chi connectivity index (χ2n) is 5.83. The van der Waals surface area contributed by atoms with Crippen LogP contribution < -0.4 is 0 Å². The predicted octanol–water partition coefficient (Wildman–Crippen LogP) is 3.76. The van der Waals surface area contributed by atoms with E-state index >= 15 is 0 Å². The molecule has 21 heavy (non-hydrogen) atoms. The second-order valence-corrected chi connectivity index (χ2v) is 5.83. The highest BCUT2D eigenvalue weighted by molar-refractivity contribution is 5.82. The molecule has 1 aliphatic rings. The fourth-order valence-corrected chi connectivity index (χ4v) is 2.05. The summed E-state index contributed by atoms with van der Waals surface area (Å²) in [5.74, 6) is 0.312. The Morgan fingerprint density at radius 3 is 2.48 bits per heavy atom. The molecule has 0 saturated carbocycles. The first-order valence-electron chi connectivity index (χ1n) is 7.72. The van der Waals surface area contributed by atoms with Crippen molar-refractivity contribution < 1.29 is 19.0 Å². The largest absolute Gasteiger partial charge is 0.494 e. The van der Waals surface area contributed by atoms with Gasteiger partial charge in [-0.2, -0.15) is 0 Å². The normalized spacial score (nSPS) is 21.1. The third-order valence-electron chi connectivity index (χ3n) is 3.58. The van der Waals surface area contributed by atoms with Crippen LogP contribution in [-0.4, -0.2) is 30.9 Å². The average molecular weight is 296 g/mol. The molecule has 0 aromatic carbocycles. The van der Waals surface area contributed by atoms with Crippen LogP contribution in [0.4, 0.5) is 0 Å². The standard InChI is InChI=1S/C17H28O4/c1-6-14(12-16(18)19-7-2)20-11-10-13(3)8-9-15-17(4,5)21-15/h10,12,15H,6-9,11H2,1-5H3/b13-10+,14-12+/t15-/m1/s1. The lowest BCUT2D eigenvalue weighted by atomic mass is 10.0. The number of rotatable bonds is 9. The summed E-state index contributed by atoms with van der Waals surface area (Å²) in [6, 6.07) is 0. The Hall–Kier alpha value is -1.29. The van der Waals surface area contributed by atoms with E-state index in [0.717, 1.165) is 12.8 Å². The van der Waals surface area contributed by atoms with Crippen LogP contribution in [0.1, 0.15) is 53.9 Å². The van der Waals surface area contributed by atoms with Gasteiger partial charge in [0.2, 0.25) is 0 Å². The van der Waals surface area contributed by atoms with Crippen molar-refractivity contribution in [3.63, 3.8) is 0 Å². The van der Waals surface area contributed by atoms with Crippen molar-refractivity contribution in [1.82, 2.24) is 0 Å². The molecule has 4 nitrogen and oxygen atoms in total. The van der Waals surface area contributed by atoms with Crippen molar-refractivity contribution in [2.75, 3.05) is 13.2 Å². The summed E-state index contributed by atoms with van der Waals surface area (Å²) in [5.41, 5.74) is 1.35. The van der Waals surface area contributed by atoms with Crippen molar-refractivity contribution in [2.45, 2.75) is 65.6 Å². The Morgan fingerprint density at radius 2 is 1.95 bits per heavy atom. The van der Waals surface area contributed by atoms with Crippen LogP contribution in [0.2, 0.25) is 0 Å². The molecular weight excluding hydrogens is 268 g/mol. The second kappa shape index (κ2) is 8.23. The van der Waals surface area contributed by atoms with E-state index in [9.17, 15) is 4.79 Å². The highest BCUT2D eigenvalue weighted by Gasteiger charge is 2.46. The van der Waals surface area contributed by atoms with Crippen LogP contribution in [0.5, 0.6) is 0 Å². The minimum Gasteiger partial charge on any atom is -0.494 e. The summed E-state index contributed by atoms with van der Waals surface area (Å²) >= 11 is 0. The number of esters is 1. The van der Waals surface area contributed by atoms with E-state index in [1.165, 1.54) is 11.6 Å². The van der Waals surface area contributed by atoms with Gasteiger partial charge >= 0.3 is 5.97 Å². The summed E-state index contributed by atoms with van der Waals surface area (Å²) < 4.78 is 16.0. The molecule has 0 N–H and O–H groups in total. The molecular formula is C17H28O4. The van der Waals surface area contributed by atoms with Gasteiger partial charge < -0.3 is 14.2 Å². The van der Waals surface area contributed by atoms with Gasteiger partial charge in [0, 0.05) is 6.42 Å². The third kappa shape index (κ3) is 6.80. The van der Waals surface area contributed by atoms with Gasteiger partial charge in [-0.25, -0.2) is 4.79 Å². The summed E-state index contributed by atoms with van der Waals surface area (Å²) in [4.78, 5) is 11.3. The van der Waals surface area contributed by atoms with E-state index in [1.54, 1.807) is 6.92 Å².